The van der Waals surface area contributed by atoms with Crippen molar-refractivity contribution in [1.29, 1.82) is 0 Å². The molecule has 0 saturated carbocycles. The molecule has 0 spiro atoms. The number of hydrogen-bond acceptors (Lipinski definition) is 5. The first-order valence-corrected chi connectivity index (χ1v) is 10.7. The highest BCUT2D eigenvalue weighted by atomic mass is 79.9. The van der Waals surface area contributed by atoms with Crippen LogP contribution >= 0.6 is 27.7 Å². The first kappa shape index (κ1) is 19.0. The molecule has 0 fully saturated rings. The van der Waals surface area contributed by atoms with E-state index in [0.717, 1.165) is 21.6 Å². The number of aryl methyl sites for hydroxylation is 1. The summed E-state index contributed by atoms with van der Waals surface area (Å²) in [6.07, 6.45) is 0. The van der Waals surface area contributed by atoms with E-state index in [1.54, 1.807) is 0 Å². The highest BCUT2D eigenvalue weighted by Gasteiger charge is 2.13. The van der Waals surface area contributed by atoms with Gasteiger partial charge in [0.1, 0.15) is 6.54 Å². The fraction of sp³-hybridized carbons (Fsp3) is 0.190. The van der Waals surface area contributed by atoms with Crippen molar-refractivity contribution in [3.63, 3.8) is 0 Å². The van der Waals surface area contributed by atoms with Gasteiger partial charge in [-0.25, -0.2) is 0 Å². The van der Waals surface area contributed by atoms with E-state index in [0.29, 0.717) is 17.7 Å². The van der Waals surface area contributed by atoms with Crippen LogP contribution in [0.4, 0.5) is 0 Å². The minimum absolute atomic E-state index is 0.470. The molecular weight excluding hydrogens is 436 g/mol. The van der Waals surface area contributed by atoms with E-state index in [9.17, 15) is 0 Å². The minimum atomic E-state index is 0.470. The molecule has 2 aromatic carbocycles. The Hall–Kier alpha value is -2.38. The molecule has 142 valence electrons. The molecule has 4 aromatic rings. The van der Waals surface area contributed by atoms with E-state index >= 15 is 0 Å². The van der Waals surface area contributed by atoms with Crippen LogP contribution in [-0.4, -0.2) is 20.0 Å². The zero-order valence-corrected chi connectivity index (χ0v) is 18.0. The van der Waals surface area contributed by atoms with Gasteiger partial charge in [-0.05, 0) is 46.5 Å². The van der Waals surface area contributed by atoms with Gasteiger partial charge in [-0.15, -0.1) is 10.2 Å². The smallest absolute Gasteiger partial charge is 0.276 e. The summed E-state index contributed by atoms with van der Waals surface area (Å²) in [5.41, 5.74) is 5.64. The largest absolute Gasteiger partial charge is 0.414 e. The number of aromatic nitrogens is 4. The van der Waals surface area contributed by atoms with Gasteiger partial charge < -0.3 is 4.42 Å². The van der Waals surface area contributed by atoms with E-state index in [-0.39, 0.29) is 0 Å². The number of benzene rings is 2. The molecule has 0 aliphatic carbocycles. The molecule has 28 heavy (non-hydrogen) atoms. The summed E-state index contributed by atoms with van der Waals surface area (Å²) in [6, 6.07) is 18.9. The summed E-state index contributed by atoms with van der Waals surface area (Å²) in [7, 11) is 0. The number of hydrogen-bond donors (Lipinski definition) is 0. The Bertz CT molecular complexity index is 1070. The summed E-state index contributed by atoms with van der Waals surface area (Å²) in [5, 5.41) is 13.3. The van der Waals surface area contributed by atoms with Gasteiger partial charge in [-0.2, -0.15) is 5.10 Å². The molecule has 2 heterocycles. The molecule has 0 atom stereocenters. The van der Waals surface area contributed by atoms with Crippen LogP contribution in [0.1, 0.15) is 22.8 Å². The lowest BCUT2D eigenvalue weighted by Crippen LogP contribution is -2.04. The average molecular weight is 455 g/mol. The second-order valence-electron chi connectivity index (χ2n) is 6.46. The first-order chi connectivity index (χ1) is 13.6. The third-order valence-corrected chi connectivity index (χ3v) is 6.49. The summed E-state index contributed by atoms with van der Waals surface area (Å²) in [4.78, 5) is 0. The Kier molecular flexibility index (Phi) is 5.64. The first-order valence-electron chi connectivity index (χ1n) is 8.89. The topological polar surface area (TPSA) is 56.7 Å². The highest BCUT2D eigenvalue weighted by molar-refractivity contribution is 9.10. The molecule has 7 heteroatoms. The van der Waals surface area contributed by atoms with Gasteiger partial charge in [-0.3, -0.25) is 4.68 Å². The van der Waals surface area contributed by atoms with E-state index in [1.807, 2.05) is 24.6 Å². The Morgan fingerprint density at radius 2 is 1.68 bits per heavy atom. The van der Waals surface area contributed by atoms with Crippen molar-refractivity contribution in [3.8, 4) is 11.1 Å². The lowest BCUT2D eigenvalue weighted by Gasteiger charge is -2.03. The monoisotopic (exact) mass is 454 g/mol. The van der Waals surface area contributed by atoms with Crippen molar-refractivity contribution in [2.75, 3.05) is 0 Å². The summed E-state index contributed by atoms with van der Waals surface area (Å²) < 4.78 is 8.65. The van der Waals surface area contributed by atoms with E-state index in [2.05, 4.69) is 79.8 Å². The molecule has 0 saturated heterocycles. The van der Waals surface area contributed by atoms with Crippen LogP contribution in [0.15, 0.2) is 68.7 Å². The molecule has 0 amide bonds. The summed E-state index contributed by atoms with van der Waals surface area (Å²) >= 11 is 5.07. The molecule has 0 aliphatic heterocycles. The molecule has 0 bridgehead atoms. The second kappa shape index (κ2) is 8.32. The number of rotatable bonds is 6. The molecule has 4 rings (SSSR count). The number of nitrogens with zero attached hydrogens (tertiary/aromatic N) is 4. The maximum absolute atomic E-state index is 5.77. The lowest BCUT2D eigenvalue weighted by atomic mass is 10.0. The van der Waals surface area contributed by atoms with E-state index in [1.165, 1.54) is 28.5 Å². The molecule has 0 unspecified atom stereocenters. The molecule has 0 N–H and O–H groups in total. The van der Waals surface area contributed by atoms with Gasteiger partial charge in [0.15, 0.2) is 0 Å². The highest BCUT2D eigenvalue weighted by Crippen LogP contribution is 2.25. The van der Waals surface area contributed by atoms with E-state index < -0.39 is 0 Å². The Morgan fingerprint density at radius 3 is 2.36 bits per heavy atom. The SMILES string of the molecule is Cc1nn(Cc2nnc(SCc3ccc(-c4ccccc4)cc3)o2)c(C)c1Br. The van der Waals surface area contributed by atoms with Gasteiger partial charge in [0.2, 0.25) is 5.89 Å². The third kappa shape index (κ3) is 4.20. The molecule has 5 nitrogen and oxygen atoms in total. The van der Waals surface area contributed by atoms with Crippen LogP contribution in [0.5, 0.6) is 0 Å². The summed E-state index contributed by atoms with van der Waals surface area (Å²) in [5.74, 6) is 1.34. The third-order valence-electron chi connectivity index (χ3n) is 4.45. The second-order valence-corrected chi connectivity index (χ2v) is 8.18. The van der Waals surface area contributed by atoms with Gasteiger partial charge in [0.05, 0.1) is 15.9 Å². The van der Waals surface area contributed by atoms with Crippen LogP contribution in [0, 0.1) is 13.8 Å². The zero-order valence-electron chi connectivity index (χ0n) is 15.6. The van der Waals surface area contributed by atoms with Crippen LogP contribution in [0.2, 0.25) is 0 Å². The van der Waals surface area contributed by atoms with Crippen molar-refractivity contribution in [2.45, 2.75) is 31.4 Å². The maximum atomic E-state index is 5.77. The standard InChI is InChI=1S/C21H19BrN4OS/c1-14-20(22)15(2)26(25-14)12-19-23-24-21(27-19)28-13-16-8-10-18(11-9-16)17-6-4-3-5-7-17/h3-11H,12-13H2,1-2H3. The van der Waals surface area contributed by atoms with Crippen LogP contribution in [0.25, 0.3) is 11.1 Å². The Labute approximate surface area is 176 Å². The van der Waals surface area contributed by atoms with Crippen molar-refractivity contribution in [1.82, 2.24) is 20.0 Å². The predicted octanol–water partition coefficient (Wildman–Crippen LogP) is 5.65. The number of thioether (sulfide) groups is 1. The fourth-order valence-corrected chi connectivity index (χ4v) is 3.91. The van der Waals surface area contributed by atoms with Crippen LogP contribution in [-0.2, 0) is 12.3 Å². The molecule has 0 radical (unpaired) electrons. The zero-order chi connectivity index (χ0) is 19.5. The van der Waals surface area contributed by atoms with Crippen LogP contribution in [0.3, 0.4) is 0 Å². The minimum Gasteiger partial charge on any atom is -0.414 e. The van der Waals surface area contributed by atoms with Crippen molar-refractivity contribution < 1.29 is 4.42 Å². The van der Waals surface area contributed by atoms with Crippen molar-refractivity contribution in [3.05, 3.63) is 81.9 Å². The van der Waals surface area contributed by atoms with Gasteiger partial charge in [0.25, 0.3) is 5.22 Å². The quantitative estimate of drug-likeness (QED) is 0.352. The van der Waals surface area contributed by atoms with Gasteiger partial charge in [0, 0.05) is 5.75 Å². The van der Waals surface area contributed by atoms with Crippen molar-refractivity contribution >= 4 is 27.7 Å². The fourth-order valence-electron chi connectivity index (χ4n) is 2.89. The normalized spacial score (nSPS) is 11.1. The van der Waals surface area contributed by atoms with Gasteiger partial charge >= 0.3 is 0 Å². The summed E-state index contributed by atoms with van der Waals surface area (Å²) in [6.45, 7) is 4.44. The Balaban J connectivity index is 1.37. The van der Waals surface area contributed by atoms with E-state index in [4.69, 9.17) is 4.42 Å². The predicted molar refractivity (Wildman–Crippen MR) is 114 cm³/mol. The van der Waals surface area contributed by atoms with Gasteiger partial charge in [-0.1, -0.05) is 66.4 Å². The maximum Gasteiger partial charge on any atom is 0.276 e. The molecular formula is C21H19BrN4OS. The molecule has 2 aromatic heterocycles. The van der Waals surface area contributed by atoms with Crippen molar-refractivity contribution in [2.24, 2.45) is 0 Å². The molecule has 0 aliphatic rings. The van der Waals surface area contributed by atoms with Crippen LogP contribution < -0.4 is 0 Å². The lowest BCUT2D eigenvalue weighted by molar-refractivity contribution is 0.396. The Morgan fingerprint density at radius 1 is 0.964 bits per heavy atom. The number of halogens is 1. The average Bonchev–Trinajstić information content (AvgIpc) is 3.27.